The molecule has 104 valence electrons. The van der Waals surface area contributed by atoms with Crippen molar-refractivity contribution in [2.45, 2.75) is 18.7 Å². The van der Waals surface area contributed by atoms with Gasteiger partial charge in [0.1, 0.15) is 0 Å². The van der Waals surface area contributed by atoms with Crippen LogP contribution in [-0.2, 0) is 0 Å². The molecule has 0 saturated carbocycles. The Kier molecular flexibility index (Phi) is 3.85. The summed E-state index contributed by atoms with van der Waals surface area (Å²) in [4.78, 5) is 0.991. The van der Waals surface area contributed by atoms with Gasteiger partial charge in [0.25, 0.3) is 0 Å². The third kappa shape index (κ3) is 3.20. The average molecular weight is 290 g/mol. The minimum atomic E-state index is 0.991. The fraction of sp³-hybridized carbons (Fsp3) is 0.100. The van der Waals surface area contributed by atoms with Gasteiger partial charge in [-0.05, 0) is 59.9 Å². The van der Waals surface area contributed by atoms with Crippen molar-refractivity contribution in [3.63, 3.8) is 0 Å². The highest BCUT2D eigenvalue weighted by Crippen LogP contribution is 2.28. The van der Waals surface area contributed by atoms with Gasteiger partial charge in [-0.25, -0.2) is 0 Å². The summed E-state index contributed by atoms with van der Waals surface area (Å²) in [5, 5.41) is 0. The van der Waals surface area contributed by atoms with Gasteiger partial charge in [-0.2, -0.15) is 0 Å². The van der Waals surface area contributed by atoms with E-state index in [4.69, 9.17) is 0 Å². The van der Waals surface area contributed by atoms with Crippen molar-refractivity contribution in [1.29, 1.82) is 0 Å². The summed E-state index contributed by atoms with van der Waals surface area (Å²) in [6.45, 7) is 4.26. The topological polar surface area (TPSA) is 0 Å². The van der Waals surface area contributed by atoms with Crippen LogP contribution < -0.4 is 0 Å². The van der Waals surface area contributed by atoms with E-state index in [-0.39, 0.29) is 0 Å². The first kappa shape index (κ1) is 14.0. The summed E-state index contributed by atoms with van der Waals surface area (Å²) < 4.78 is 0. The van der Waals surface area contributed by atoms with Crippen LogP contribution in [0.3, 0.4) is 0 Å². The molecular formula is C20H18S. The first-order valence-electron chi connectivity index (χ1n) is 7.10. The van der Waals surface area contributed by atoms with Crippen LogP contribution in [0, 0.1) is 13.8 Å². The Morgan fingerprint density at radius 3 is 1.52 bits per heavy atom. The van der Waals surface area contributed by atoms with E-state index in [9.17, 15) is 0 Å². The zero-order valence-corrected chi connectivity index (χ0v) is 13.2. The van der Waals surface area contributed by atoms with Gasteiger partial charge in [0.2, 0.25) is 0 Å². The number of benzene rings is 3. The number of rotatable bonds is 2. The van der Waals surface area contributed by atoms with Crippen LogP contribution >= 0.6 is 12.6 Å². The zero-order valence-electron chi connectivity index (χ0n) is 12.3. The van der Waals surface area contributed by atoms with E-state index in [1.54, 1.807) is 0 Å². The Hall–Kier alpha value is -1.99. The molecule has 0 heterocycles. The lowest BCUT2D eigenvalue weighted by Gasteiger charge is -2.09. The van der Waals surface area contributed by atoms with Crippen molar-refractivity contribution in [2.24, 2.45) is 0 Å². The van der Waals surface area contributed by atoms with E-state index in [1.165, 1.54) is 33.4 Å². The molecule has 0 aliphatic rings. The molecule has 0 saturated heterocycles. The summed E-state index contributed by atoms with van der Waals surface area (Å²) in [6, 6.07) is 23.7. The molecule has 1 heteroatoms. The molecule has 0 unspecified atom stereocenters. The van der Waals surface area contributed by atoms with Gasteiger partial charge >= 0.3 is 0 Å². The molecule has 0 N–H and O–H groups in total. The summed E-state index contributed by atoms with van der Waals surface area (Å²) >= 11 is 4.35. The molecule has 0 spiro atoms. The molecule has 0 bridgehead atoms. The van der Waals surface area contributed by atoms with Crippen LogP contribution in [0.1, 0.15) is 11.1 Å². The standard InChI is InChI=1S/C20H18S/c1-14-3-5-16(6-4-14)18-11-15(2)12-19(13-18)17-7-9-20(21)10-8-17/h3-13,21H,1-2H3. The molecule has 0 aliphatic heterocycles. The van der Waals surface area contributed by atoms with Gasteiger partial charge in [0.05, 0.1) is 0 Å². The second-order valence-corrected chi connectivity index (χ2v) is 6.02. The second-order valence-electron chi connectivity index (χ2n) is 5.50. The lowest BCUT2D eigenvalue weighted by molar-refractivity contribution is 1.43. The molecule has 0 fully saturated rings. The zero-order chi connectivity index (χ0) is 14.8. The number of hydrogen-bond acceptors (Lipinski definition) is 1. The Bertz CT molecular complexity index is 689. The normalized spacial score (nSPS) is 10.6. The van der Waals surface area contributed by atoms with E-state index in [1.807, 2.05) is 12.1 Å². The Labute approximate surface area is 131 Å². The predicted octanol–water partition coefficient (Wildman–Crippen LogP) is 5.93. The third-order valence-electron chi connectivity index (χ3n) is 3.66. The molecule has 0 nitrogen and oxygen atoms in total. The van der Waals surface area contributed by atoms with Crippen molar-refractivity contribution in [1.82, 2.24) is 0 Å². The van der Waals surface area contributed by atoms with E-state index < -0.39 is 0 Å². The highest BCUT2D eigenvalue weighted by atomic mass is 32.1. The minimum absolute atomic E-state index is 0.991. The average Bonchev–Trinajstić information content (AvgIpc) is 2.48. The van der Waals surface area contributed by atoms with Crippen molar-refractivity contribution >= 4 is 12.6 Å². The summed E-state index contributed by atoms with van der Waals surface area (Å²) in [5.74, 6) is 0. The largest absolute Gasteiger partial charge is 0.143 e. The molecule has 0 aromatic heterocycles. The summed E-state index contributed by atoms with van der Waals surface area (Å²) in [7, 11) is 0. The van der Waals surface area contributed by atoms with Crippen molar-refractivity contribution in [3.8, 4) is 22.3 Å². The van der Waals surface area contributed by atoms with Crippen LogP contribution in [0.5, 0.6) is 0 Å². The molecular weight excluding hydrogens is 272 g/mol. The second kappa shape index (κ2) is 5.79. The fourth-order valence-electron chi connectivity index (χ4n) is 2.52. The fourth-order valence-corrected chi connectivity index (χ4v) is 2.67. The van der Waals surface area contributed by atoms with Crippen molar-refractivity contribution in [2.75, 3.05) is 0 Å². The molecule has 3 rings (SSSR count). The maximum absolute atomic E-state index is 4.35. The quantitative estimate of drug-likeness (QED) is 0.556. The Balaban J connectivity index is 2.07. The van der Waals surface area contributed by atoms with Gasteiger partial charge in [-0.3, -0.25) is 0 Å². The highest BCUT2D eigenvalue weighted by molar-refractivity contribution is 7.80. The van der Waals surface area contributed by atoms with Crippen LogP contribution in [-0.4, -0.2) is 0 Å². The molecule has 0 amide bonds. The minimum Gasteiger partial charge on any atom is -0.143 e. The van der Waals surface area contributed by atoms with Gasteiger partial charge in [-0.1, -0.05) is 54.1 Å². The molecule has 21 heavy (non-hydrogen) atoms. The van der Waals surface area contributed by atoms with Crippen LogP contribution in [0.4, 0.5) is 0 Å². The summed E-state index contributed by atoms with van der Waals surface area (Å²) in [6.07, 6.45) is 0. The molecule has 0 aliphatic carbocycles. The van der Waals surface area contributed by atoms with E-state index >= 15 is 0 Å². The van der Waals surface area contributed by atoms with Gasteiger partial charge in [-0.15, -0.1) is 12.6 Å². The van der Waals surface area contributed by atoms with Crippen molar-refractivity contribution < 1.29 is 0 Å². The van der Waals surface area contributed by atoms with Gasteiger partial charge in [0, 0.05) is 4.90 Å². The first-order chi connectivity index (χ1) is 10.1. The van der Waals surface area contributed by atoms with E-state index in [0.29, 0.717) is 0 Å². The molecule has 3 aromatic rings. The molecule has 0 radical (unpaired) electrons. The Morgan fingerprint density at radius 2 is 1.00 bits per heavy atom. The van der Waals surface area contributed by atoms with E-state index in [0.717, 1.165) is 4.90 Å². The van der Waals surface area contributed by atoms with Crippen molar-refractivity contribution in [3.05, 3.63) is 77.9 Å². The predicted molar refractivity (Wildman–Crippen MR) is 94.0 cm³/mol. The molecule has 3 aromatic carbocycles. The van der Waals surface area contributed by atoms with Crippen LogP contribution in [0.25, 0.3) is 22.3 Å². The van der Waals surface area contributed by atoms with Crippen LogP contribution in [0.15, 0.2) is 71.6 Å². The first-order valence-corrected chi connectivity index (χ1v) is 7.55. The highest BCUT2D eigenvalue weighted by Gasteiger charge is 2.04. The number of thiol groups is 1. The number of hydrogen-bond donors (Lipinski definition) is 1. The maximum atomic E-state index is 4.35. The smallest absolute Gasteiger partial charge is 0.00404 e. The van der Waals surface area contributed by atoms with E-state index in [2.05, 4.69) is 81.1 Å². The van der Waals surface area contributed by atoms with Crippen LogP contribution in [0.2, 0.25) is 0 Å². The lowest BCUT2D eigenvalue weighted by atomic mass is 9.96. The SMILES string of the molecule is Cc1ccc(-c2cc(C)cc(-c3ccc(S)cc3)c2)cc1. The lowest BCUT2D eigenvalue weighted by Crippen LogP contribution is -1.85. The number of aryl methyl sites for hydroxylation is 2. The van der Waals surface area contributed by atoms with Gasteiger partial charge < -0.3 is 0 Å². The molecule has 0 atom stereocenters. The van der Waals surface area contributed by atoms with Gasteiger partial charge in [0.15, 0.2) is 0 Å². The monoisotopic (exact) mass is 290 g/mol. The third-order valence-corrected chi connectivity index (χ3v) is 3.96. The Morgan fingerprint density at radius 1 is 0.524 bits per heavy atom. The summed E-state index contributed by atoms with van der Waals surface area (Å²) in [5.41, 5.74) is 7.56. The maximum Gasteiger partial charge on any atom is 0.00404 e.